The number of rotatable bonds is 6. The molecule has 0 spiro atoms. The lowest BCUT2D eigenvalue weighted by atomic mass is 10.1. The molecule has 0 saturated carbocycles. The predicted molar refractivity (Wildman–Crippen MR) is 131 cm³/mol. The molecule has 0 aliphatic heterocycles. The number of nitrogens with zero attached hydrogens (tertiary/aromatic N) is 1. The number of hydrogen-bond acceptors (Lipinski definition) is 3. The molecule has 0 radical (unpaired) electrons. The Kier molecular flexibility index (Phi) is 7.67. The van der Waals surface area contributed by atoms with Gasteiger partial charge in [-0.15, -0.1) is 0 Å². The molecule has 1 amide bonds. The number of aryl methyl sites for hydroxylation is 2. The highest BCUT2D eigenvalue weighted by atomic mass is 79.9. The molecule has 156 valence electrons. The monoisotopic (exact) mass is 538 g/mol. The number of nitrogens with one attached hydrogen (secondary N) is 1. The maximum Gasteiger partial charge on any atom is 0.266 e. The van der Waals surface area contributed by atoms with E-state index in [1.807, 2.05) is 80.6 Å². The Hall–Kier alpha value is -2.88. The number of carbonyl (C=O) groups excluding carboxylic acids is 1. The highest BCUT2D eigenvalue weighted by Crippen LogP contribution is 2.27. The Labute approximate surface area is 198 Å². The van der Waals surface area contributed by atoms with Crippen molar-refractivity contribution in [2.45, 2.75) is 20.5 Å². The maximum absolute atomic E-state index is 12.7. The van der Waals surface area contributed by atoms with Crippen molar-refractivity contribution >= 4 is 49.5 Å². The van der Waals surface area contributed by atoms with Crippen LogP contribution in [0.25, 0.3) is 6.08 Å². The van der Waals surface area contributed by atoms with Gasteiger partial charge in [0.2, 0.25) is 0 Å². The Morgan fingerprint density at radius 2 is 1.71 bits per heavy atom. The second-order valence-corrected chi connectivity index (χ2v) is 8.85. The van der Waals surface area contributed by atoms with E-state index < -0.39 is 5.91 Å². The number of benzene rings is 3. The molecule has 0 saturated heterocycles. The number of anilines is 1. The van der Waals surface area contributed by atoms with Crippen molar-refractivity contribution in [3.05, 3.63) is 97.4 Å². The number of carbonyl (C=O) groups is 1. The summed E-state index contributed by atoms with van der Waals surface area (Å²) in [7, 11) is 0. The third kappa shape index (κ3) is 6.30. The Bertz CT molecular complexity index is 1180. The Morgan fingerprint density at radius 3 is 2.39 bits per heavy atom. The van der Waals surface area contributed by atoms with Gasteiger partial charge in [0.1, 0.15) is 24.0 Å². The van der Waals surface area contributed by atoms with E-state index in [-0.39, 0.29) is 5.57 Å². The van der Waals surface area contributed by atoms with Gasteiger partial charge < -0.3 is 10.1 Å². The van der Waals surface area contributed by atoms with Gasteiger partial charge in [-0.2, -0.15) is 5.26 Å². The van der Waals surface area contributed by atoms with Crippen LogP contribution in [0.5, 0.6) is 5.75 Å². The van der Waals surface area contributed by atoms with Crippen LogP contribution in [0.15, 0.2) is 75.2 Å². The van der Waals surface area contributed by atoms with Crippen LogP contribution in [0.3, 0.4) is 0 Å². The lowest BCUT2D eigenvalue weighted by Crippen LogP contribution is -2.13. The van der Waals surface area contributed by atoms with Crippen molar-refractivity contribution in [1.29, 1.82) is 5.26 Å². The van der Waals surface area contributed by atoms with Gasteiger partial charge in [-0.05, 0) is 79.1 Å². The van der Waals surface area contributed by atoms with Crippen LogP contribution >= 0.6 is 31.9 Å². The summed E-state index contributed by atoms with van der Waals surface area (Å²) >= 11 is 6.86. The van der Waals surface area contributed by atoms with Crippen LogP contribution in [0, 0.1) is 25.2 Å². The second-order valence-electron chi connectivity index (χ2n) is 7.02. The fourth-order valence-corrected chi connectivity index (χ4v) is 3.47. The van der Waals surface area contributed by atoms with E-state index in [1.54, 1.807) is 0 Å². The van der Waals surface area contributed by atoms with Crippen molar-refractivity contribution in [1.82, 2.24) is 0 Å². The van der Waals surface area contributed by atoms with Crippen molar-refractivity contribution in [3.63, 3.8) is 0 Å². The molecule has 3 aromatic carbocycles. The van der Waals surface area contributed by atoms with Gasteiger partial charge in [0.05, 0.1) is 0 Å². The third-order valence-electron chi connectivity index (χ3n) is 4.71. The van der Waals surface area contributed by atoms with Gasteiger partial charge in [0.15, 0.2) is 0 Å². The first-order chi connectivity index (χ1) is 14.9. The van der Waals surface area contributed by atoms with Gasteiger partial charge in [-0.1, -0.05) is 50.1 Å². The van der Waals surface area contributed by atoms with Crippen LogP contribution in [-0.2, 0) is 11.4 Å². The predicted octanol–water partition coefficient (Wildman–Crippen LogP) is 6.95. The average molecular weight is 540 g/mol. The molecule has 0 aromatic heterocycles. The van der Waals surface area contributed by atoms with Gasteiger partial charge in [-0.3, -0.25) is 4.79 Å². The van der Waals surface area contributed by atoms with Gasteiger partial charge in [0.25, 0.3) is 5.91 Å². The topological polar surface area (TPSA) is 62.1 Å². The van der Waals surface area contributed by atoms with E-state index in [2.05, 4.69) is 37.2 Å². The Balaban J connectivity index is 1.82. The molecule has 0 heterocycles. The number of hydrogen-bond donors (Lipinski definition) is 1. The summed E-state index contributed by atoms with van der Waals surface area (Å²) in [6.07, 6.45) is 1.54. The highest BCUT2D eigenvalue weighted by Gasteiger charge is 2.12. The second kappa shape index (κ2) is 10.4. The van der Waals surface area contributed by atoms with E-state index in [9.17, 15) is 10.1 Å². The van der Waals surface area contributed by atoms with Crippen LogP contribution in [0.2, 0.25) is 0 Å². The summed E-state index contributed by atoms with van der Waals surface area (Å²) in [6, 6.07) is 21.0. The van der Waals surface area contributed by atoms with Crippen molar-refractivity contribution in [3.8, 4) is 11.8 Å². The van der Waals surface area contributed by atoms with Crippen LogP contribution in [0.4, 0.5) is 5.69 Å². The lowest BCUT2D eigenvalue weighted by Gasteiger charge is -2.11. The van der Waals surface area contributed by atoms with Gasteiger partial charge in [0, 0.05) is 20.2 Å². The first-order valence-electron chi connectivity index (χ1n) is 9.53. The van der Waals surface area contributed by atoms with Crippen molar-refractivity contribution < 1.29 is 9.53 Å². The number of nitriles is 1. The number of halogens is 2. The normalized spacial score (nSPS) is 11.0. The van der Waals surface area contributed by atoms with E-state index in [0.717, 1.165) is 25.6 Å². The fraction of sp³-hybridized carbons (Fsp3) is 0.120. The number of ether oxygens (including phenoxy) is 1. The first kappa shape index (κ1) is 22.8. The zero-order valence-electron chi connectivity index (χ0n) is 17.1. The standard InChI is InChI=1S/C25H20Br2N2O2/c1-16-3-9-23(11-17(16)2)29-25(30)20(14-28)12-19-13-22(27)8-10-24(19)31-15-18-4-6-21(26)7-5-18/h3-13H,15H2,1-2H3,(H,29,30)/b20-12+. The first-order valence-corrected chi connectivity index (χ1v) is 11.1. The number of amides is 1. The lowest BCUT2D eigenvalue weighted by molar-refractivity contribution is -0.112. The fourth-order valence-electron chi connectivity index (χ4n) is 2.83. The van der Waals surface area contributed by atoms with E-state index in [4.69, 9.17) is 4.74 Å². The molecule has 0 unspecified atom stereocenters. The third-order valence-corrected chi connectivity index (χ3v) is 5.73. The summed E-state index contributed by atoms with van der Waals surface area (Å²) in [5.74, 6) is 0.113. The van der Waals surface area contributed by atoms with Gasteiger partial charge >= 0.3 is 0 Å². The molecule has 3 aromatic rings. The molecule has 0 atom stereocenters. The summed E-state index contributed by atoms with van der Waals surface area (Å²) in [6.45, 7) is 4.35. The minimum atomic E-state index is -0.468. The minimum absolute atomic E-state index is 0.00943. The summed E-state index contributed by atoms with van der Waals surface area (Å²) in [5, 5.41) is 12.4. The SMILES string of the molecule is Cc1ccc(NC(=O)/C(C#N)=C/c2cc(Br)ccc2OCc2ccc(Br)cc2)cc1C. The molecule has 0 fully saturated rings. The summed E-state index contributed by atoms with van der Waals surface area (Å²) < 4.78 is 7.79. The van der Waals surface area contributed by atoms with E-state index in [0.29, 0.717) is 23.6 Å². The summed E-state index contributed by atoms with van der Waals surface area (Å²) in [5.41, 5.74) is 4.49. The Morgan fingerprint density at radius 1 is 1.00 bits per heavy atom. The molecule has 6 heteroatoms. The molecule has 0 aliphatic carbocycles. The minimum Gasteiger partial charge on any atom is -0.488 e. The molecule has 4 nitrogen and oxygen atoms in total. The molecule has 31 heavy (non-hydrogen) atoms. The van der Waals surface area contributed by atoms with Crippen molar-refractivity contribution in [2.75, 3.05) is 5.32 Å². The molecular weight excluding hydrogens is 520 g/mol. The zero-order chi connectivity index (χ0) is 22.4. The van der Waals surface area contributed by atoms with Crippen molar-refractivity contribution in [2.24, 2.45) is 0 Å². The molecule has 0 aliphatic rings. The van der Waals surface area contributed by atoms with E-state index in [1.165, 1.54) is 6.08 Å². The maximum atomic E-state index is 12.7. The largest absolute Gasteiger partial charge is 0.488 e. The van der Waals surface area contributed by atoms with Gasteiger partial charge in [-0.25, -0.2) is 0 Å². The molecule has 3 rings (SSSR count). The molecular formula is C25H20Br2N2O2. The van der Waals surface area contributed by atoms with Crippen LogP contribution < -0.4 is 10.1 Å². The quantitative estimate of drug-likeness (QED) is 0.272. The van der Waals surface area contributed by atoms with Crippen LogP contribution in [-0.4, -0.2) is 5.91 Å². The molecule has 1 N–H and O–H groups in total. The summed E-state index contributed by atoms with van der Waals surface area (Å²) in [4.78, 5) is 12.7. The van der Waals surface area contributed by atoms with Crippen LogP contribution in [0.1, 0.15) is 22.3 Å². The zero-order valence-corrected chi connectivity index (χ0v) is 20.2. The highest BCUT2D eigenvalue weighted by molar-refractivity contribution is 9.10. The van der Waals surface area contributed by atoms with E-state index >= 15 is 0 Å². The molecule has 0 bridgehead atoms. The average Bonchev–Trinajstić information content (AvgIpc) is 2.75. The smallest absolute Gasteiger partial charge is 0.266 e.